The van der Waals surface area contributed by atoms with E-state index in [1.54, 1.807) is 0 Å². The summed E-state index contributed by atoms with van der Waals surface area (Å²) in [5, 5.41) is 6.25. The Hall–Kier alpha value is -3.27. The second-order valence-corrected chi connectivity index (χ2v) is 6.90. The van der Waals surface area contributed by atoms with E-state index in [1.807, 2.05) is 72.8 Å². The van der Waals surface area contributed by atoms with Crippen molar-refractivity contribution in [2.24, 2.45) is 0 Å². The molecule has 0 saturated carbocycles. The molecule has 3 aromatic rings. The minimum absolute atomic E-state index is 0.0242. The molecule has 0 spiro atoms. The minimum Gasteiger partial charge on any atom is -0.493 e. The summed E-state index contributed by atoms with van der Waals surface area (Å²) in [6.45, 7) is 2.94. The van der Waals surface area contributed by atoms with Crippen molar-refractivity contribution >= 4 is 11.6 Å². The largest absolute Gasteiger partial charge is 0.493 e. The van der Waals surface area contributed by atoms with E-state index in [9.17, 15) is 4.79 Å². The summed E-state index contributed by atoms with van der Waals surface area (Å²) in [4.78, 5) is 12.3. The fourth-order valence-corrected chi connectivity index (χ4v) is 3.13. The lowest BCUT2D eigenvalue weighted by Gasteiger charge is -2.18. The van der Waals surface area contributed by atoms with Crippen molar-refractivity contribution in [3.8, 4) is 5.75 Å². The highest BCUT2D eigenvalue weighted by Crippen LogP contribution is 2.17. The Morgan fingerprint density at radius 2 is 1.55 bits per heavy atom. The average Bonchev–Trinajstić information content (AvgIpc) is 2.78. The zero-order chi connectivity index (χ0) is 20.3. The Morgan fingerprint density at radius 1 is 0.897 bits per heavy atom. The number of amides is 1. The van der Waals surface area contributed by atoms with E-state index in [0.717, 1.165) is 29.8 Å². The van der Waals surface area contributed by atoms with Crippen LogP contribution in [0.15, 0.2) is 84.9 Å². The van der Waals surface area contributed by atoms with Gasteiger partial charge in [-0.25, -0.2) is 0 Å². The van der Waals surface area contributed by atoms with Crippen LogP contribution in [0, 0.1) is 0 Å². The summed E-state index contributed by atoms with van der Waals surface area (Å²) in [5.41, 5.74) is 3.28. The van der Waals surface area contributed by atoms with Crippen LogP contribution in [0.1, 0.15) is 30.5 Å². The molecule has 0 heterocycles. The molecule has 4 heteroatoms. The van der Waals surface area contributed by atoms with E-state index < -0.39 is 0 Å². The van der Waals surface area contributed by atoms with Crippen LogP contribution in [0.25, 0.3) is 0 Å². The topological polar surface area (TPSA) is 50.4 Å². The fraction of sp³-hybridized carbons (Fsp3) is 0.240. The molecule has 0 aliphatic heterocycles. The molecule has 4 nitrogen and oxygen atoms in total. The molecule has 0 saturated heterocycles. The highest BCUT2D eigenvalue weighted by Gasteiger charge is 2.12. The number of hydrogen-bond donors (Lipinski definition) is 2. The normalized spacial score (nSPS) is 11.5. The molecule has 0 fully saturated rings. The van der Waals surface area contributed by atoms with Crippen LogP contribution in [-0.4, -0.2) is 19.1 Å². The molecule has 1 atom stereocenters. The van der Waals surface area contributed by atoms with Crippen molar-refractivity contribution < 1.29 is 9.53 Å². The van der Waals surface area contributed by atoms with Gasteiger partial charge in [-0.1, -0.05) is 67.6 Å². The second kappa shape index (κ2) is 10.9. The molecular weight excluding hydrogens is 360 g/mol. The molecule has 150 valence electrons. The predicted molar refractivity (Wildman–Crippen MR) is 118 cm³/mol. The molecule has 1 amide bonds. The SMILES string of the molecule is CCC(NC(=O)CNc1ccc(OCCc2ccccc2)cc1)c1ccccc1. The highest BCUT2D eigenvalue weighted by molar-refractivity contribution is 5.81. The van der Waals surface area contributed by atoms with Gasteiger partial charge in [0, 0.05) is 12.1 Å². The monoisotopic (exact) mass is 388 g/mol. The van der Waals surface area contributed by atoms with Gasteiger partial charge in [0.05, 0.1) is 19.2 Å². The predicted octanol–water partition coefficient (Wildman–Crippen LogP) is 4.99. The van der Waals surface area contributed by atoms with Crippen molar-refractivity contribution in [3.05, 3.63) is 96.1 Å². The number of anilines is 1. The van der Waals surface area contributed by atoms with E-state index in [4.69, 9.17) is 4.74 Å². The number of hydrogen-bond acceptors (Lipinski definition) is 3. The molecule has 2 N–H and O–H groups in total. The maximum atomic E-state index is 12.3. The summed E-state index contributed by atoms with van der Waals surface area (Å²) in [5.74, 6) is 0.801. The zero-order valence-electron chi connectivity index (χ0n) is 16.8. The number of benzene rings is 3. The Labute approximate surface area is 172 Å². The number of rotatable bonds is 10. The van der Waals surface area contributed by atoms with Gasteiger partial charge in [-0.3, -0.25) is 4.79 Å². The smallest absolute Gasteiger partial charge is 0.239 e. The first-order valence-corrected chi connectivity index (χ1v) is 10.1. The third kappa shape index (κ3) is 6.68. The van der Waals surface area contributed by atoms with Gasteiger partial charge in [-0.2, -0.15) is 0 Å². The third-order valence-electron chi connectivity index (χ3n) is 4.76. The number of nitrogens with one attached hydrogen (secondary N) is 2. The van der Waals surface area contributed by atoms with Crippen LogP contribution in [0.2, 0.25) is 0 Å². The standard InChI is InChI=1S/C25H28N2O2/c1-2-24(21-11-7-4-8-12-21)27-25(28)19-26-22-13-15-23(16-14-22)29-18-17-20-9-5-3-6-10-20/h3-16,24,26H,2,17-19H2,1H3,(H,27,28). The van der Waals surface area contributed by atoms with Crippen LogP contribution >= 0.6 is 0 Å². The molecule has 29 heavy (non-hydrogen) atoms. The summed E-state index contributed by atoms with van der Waals surface area (Å²) in [7, 11) is 0. The molecule has 0 bridgehead atoms. The van der Waals surface area contributed by atoms with Gasteiger partial charge >= 0.3 is 0 Å². The quantitative estimate of drug-likeness (QED) is 0.515. The van der Waals surface area contributed by atoms with Crippen LogP contribution < -0.4 is 15.4 Å². The second-order valence-electron chi connectivity index (χ2n) is 6.90. The summed E-state index contributed by atoms with van der Waals surface area (Å²) in [6, 6.07) is 28.1. The molecule has 0 aromatic heterocycles. The van der Waals surface area contributed by atoms with Gasteiger partial charge in [-0.15, -0.1) is 0 Å². The first kappa shape index (κ1) is 20.5. The number of carbonyl (C=O) groups excluding carboxylic acids is 1. The van der Waals surface area contributed by atoms with Crippen molar-refractivity contribution in [1.82, 2.24) is 5.32 Å². The van der Waals surface area contributed by atoms with E-state index >= 15 is 0 Å². The summed E-state index contributed by atoms with van der Waals surface area (Å²) in [6.07, 6.45) is 1.73. The van der Waals surface area contributed by atoms with Crippen LogP contribution in [0.4, 0.5) is 5.69 Å². The minimum atomic E-state index is -0.0242. The Balaban J connectivity index is 1.41. The zero-order valence-corrected chi connectivity index (χ0v) is 16.8. The number of ether oxygens (including phenoxy) is 1. The van der Waals surface area contributed by atoms with Crippen LogP contribution in [-0.2, 0) is 11.2 Å². The fourth-order valence-electron chi connectivity index (χ4n) is 3.13. The van der Waals surface area contributed by atoms with Crippen molar-refractivity contribution in [3.63, 3.8) is 0 Å². The average molecular weight is 389 g/mol. The first-order valence-electron chi connectivity index (χ1n) is 10.1. The highest BCUT2D eigenvalue weighted by atomic mass is 16.5. The molecule has 1 unspecified atom stereocenters. The van der Waals surface area contributed by atoms with Crippen molar-refractivity contribution in [2.45, 2.75) is 25.8 Å². The summed E-state index contributed by atoms with van der Waals surface area (Å²) >= 11 is 0. The van der Waals surface area contributed by atoms with Gasteiger partial charge in [0.1, 0.15) is 5.75 Å². The lowest BCUT2D eigenvalue weighted by atomic mass is 10.0. The van der Waals surface area contributed by atoms with Gasteiger partial charge in [0.15, 0.2) is 0 Å². The Morgan fingerprint density at radius 3 is 2.21 bits per heavy atom. The molecular formula is C25H28N2O2. The van der Waals surface area contributed by atoms with Gasteiger partial charge < -0.3 is 15.4 Å². The van der Waals surface area contributed by atoms with E-state index in [0.29, 0.717) is 6.61 Å². The Bertz CT molecular complexity index is 864. The van der Waals surface area contributed by atoms with Gasteiger partial charge in [0.2, 0.25) is 5.91 Å². The molecule has 0 aliphatic rings. The molecule has 3 rings (SSSR count). The molecule has 0 radical (unpaired) electrons. The van der Waals surface area contributed by atoms with Gasteiger partial charge in [0.25, 0.3) is 0 Å². The van der Waals surface area contributed by atoms with Crippen LogP contribution in [0.5, 0.6) is 5.75 Å². The maximum absolute atomic E-state index is 12.3. The van der Waals surface area contributed by atoms with Crippen molar-refractivity contribution in [2.75, 3.05) is 18.5 Å². The van der Waals surface area contributed by atoms with Crippen LogP contribution in [0.3, 0.4) is 0 Å². The Kier molecular flexibility index (Phi) is 7.70. The van der Waals surface area contributed by atoms with E-state index in [2.05, 4.69) is 29.7 Å². The first-order chi connectivity index (χ1) is 14.2. The lowest BCUT2D eigenvalue weighted by Crippen LogP contribution is -2.33. The lowest BCUT2D eigenvalue weighted by molar-refractivity contribution is -0.120. The van der Waals surface area contributed by atoms with Crippen molar-refractivity contribution in [1.29, 1.82) is 0 Å². The summed E-state index contributed by atoms with van der Waals surface area (Å²) < 4.78 is 5.80. The molecule has 0 aliphatic carbocycles. The maximum Gasteiger partial charge on any atom is 0.239 e. The van der Waals surface area contributed by atoms with Gasteiger partial charge in [-0.05, 0) is 41.8 Å². The molecule has 3 aromatic carbocycles. The third-order valence-corrected chi connectivity index (χ3v) is 4.76. The van der Waals surface area contributed by atoms with E-state index in [1.165, 1.54) is 5.56 Å². The number of carbonyl (C=O) groups is 1. The van der Waals surface area contributed by atoms with E-state index in [-0.39, 0.29) is 18.5 Å².